The molecule has 4 heteroatoms. The van der Waals surface area contributed by atoms with E-state index in [0.717, 1.165) is 17.1 Å². The zero-order valence-corrected chi connectivity index (χ0v) is 11.9. The fraction of sp³-hybridized carbons (Fsp3) is 0.286. The molecule has 0 amide bonds. The van der Waals surface area contributed by atoms with E-state index in [4.69, 9.17) is 0 Å². The van der Waals surface area contributed by atoms with Crippen LogP contribution in [0.2, 0.25) is 0 Å². The molecule has 0 saturated heterocycles. The lowest BCUT2D eigenvalue weighted by Crippen LogP contribution is -2.29. The number of benzene rings is 1. The lowest BCUT2D eigenvalue weighted by atomic mass is 10.1. The van der Waals surface area contributed by atoms with Crippen LogP contribution in [0.5, 0.6) is 0 Å². The second-order valence-electron chi connectivity index (χ2n) is 4.06. The van der Waals surface area contributed by atoms with E-state index in [1.165, 1.54) is 11.6 Å². The average molecular weight is 281 g/mol. The number of likely N-dealkylation sites (N-methyl/N-ethyl adjacent to an activating group) is 1. The molecule has 0 aliphatic rings. The first-order valence-electron chi connectivity index (χ1n) is 5.85. The molecule has 1 aromatic heterocycles. The van der Waals surface area contributed by atoms with Crippen molar-refractivity contribution in [1.29, 1.82) is 0 Å². The largest absolute Gasteiger partial charge is 0.316 e. The maximum absolute atomic E-state index is 13.5. The van der Waals surface area contributed by atoms with Crippen molar-refractivity contribution in [2.45, 2.75) is 17.4 Å². The number of thioether (sulfide) groups is 1. The minimum absolute atomic E-state index is 0.132. The van der Waals surface area contributed by atoms with Gasteiger partial charge in [-0.15, -0.1) is 11.8 Å². The third-order valence-corrected chi connectivity index (χ3v) is 4.69. The molecule has 2 aromatic rings. The normalized spacial score (nSPS) is 12.6. The first-order chi connectivity index (χ1) is 8.79. The van der Waals surface area contributed by atoms with Crippen LogP contribution in [0.25, 0.3) is 0 Å². The molecule has 0 saturated carbocycles. The Labute approximate surface area is 115 Å². The number of thiophene rings is 1. The van der Waals surface area contributed by atoms with Gasteiger partial charge in [0, 0.05) is 16.7 Å². The van der Waals surface area contributed by atoms with Gasteiger partial charge in [-0.05, 0) is 48.0 Å². The SMILES string of the molecule is CNC(CSc1ccccc1F)Cc1ccsc1. The molecular weight excluding hydrogens is 265 g/mol. The van der Waals surface area contributed by atoms with Crippen LogP contribution in [-0.2, 0) is 6.42 Å². The van der Waals surface area contributed by atoms with Crippen LogP contribution in [0.15, 0.2) is 46.0 Å². The maximum atomic E-state index is 13.5. The summed E-state index contributed by atoms with van der Waals surface area (Å²) in [4.78, 5) is 0.725. The van der Waals surface area contributed by atoms with E-state index < -0.39 is 0 Å². The maximum Gasteiger partial charge on any atom is 0.136 e. The third-order valence-electron chi connectivity index (χ3n) is 2.75. The van der Waals surface area contributed by atoms with Gasteiger partial charge in [-0.1, -0.05) is 12.1 Å². The third kappa shape index (κ3) is 3.83. The Kier molecular flexibility index (Phi) is 5.23. The summed E-state index contributed by atoms with van der Waals surface area (Å²) in [6.07, 6.45) is 0.988. The Hall–Kier alpha value is -0.840. The second kappa shape index (κ2) is 6.92. The molecule has 2 rings (SSSR count). The predicted octanol–water partition coefficient (Wildman–Crippen LogP) is 3.81. The first-order valence-corrected chi connectivity index (χ1v) is 7.78. The summed E-state index contributed by atoms with van der Waals surface area (Å²) in [5.74, 6) is 0.737. The van der Waals surface area contributed by atoms with Crippen molar-refractivity contribution in [2.75, 3.05) is 12.8 Å². The van der Waals surface area contributed by atoms with Gasteiger partial charge in [0.1, 0.15) is 5.82 Å². The van der Waals surface area contributed by atoms with E-state index in [-0.39, 0.29) is 5.82 Å². The van der Waals surface area contributed by atoms with Crippen LogP contribution in [0.1, 0.15) is 5.56 Å². The van der Waals surface area contributed by atoms with Gasteiger partial charge in [0.05, 0.1) is 0 Å². The van der Waals surface area contributed by atoms with Crippen molar-refractivity contribution in [3.63, 3.8) is 0 Å². The topological polar surface area (TPSA) is 12.0 Å². The summed E-state index contributed by atoms with van der Waals surface area (Å²) >= 11 is 3.28. The Morgan fingerprint density at radius 3 is 2.83 bits per heavy atom. The molecule has 0 bridgehead atoms. The Balaban J connectivity index is 1.89. The summed E-state index contributed by atoms with van der Waals surface area (Å²) in [6, 6.07) is 9.44. The van der Waals surface area contributed by atoms with Gasteiger partial charge in [-0.3, -0.25) is 0 Å². The Morgan fingerprint density at radius 2 is 2.17 bits per heavy atom. The summed E-state index contributed by atoms with van der Waals surface area (Å²) in [5, 5.41) is 7.55. The Bertz CT molecular complexity index is 470. The zero-order valence-electron chi connectivity index (χ0n) is 10.2. The molecule has 1 heterocycles. The first kappa shape index (κ1) is 13.6. The highest BCUT2D eigenvalue weighted by Gasteiger charge is 2.10. The molecule has 0 spiro atoms. The molecule has 1 atom stereocenters. The molecule has 0 radical (unpaired) electrons. The molecule has 18 heavy (non-hydrogen) atoms. The quantitative estimate of drug-likeness (QED) is 0.808. The minimum Gasteiger partial charge on any atom is -0.316 e. The fourth-order valence-electron chi connectivity index (χ4n) is 1.69. The van der Waals surface area contributed by atoms with Crippen molar-refractivity contribution < 1.29 is 4.39 Å². The highest BCUT2D eigenvalue weighted by atomic mass is 32.2. The van der Waals surface area contributed by atoms with Crippen LogP contribution in [0, 0.1) is 5.82 Å². The lowest BCUT2D eigenvalue weighted by Gasteiger charge is -2.15. The second-order valence-corrected chi connectivity index (χ2v) is 5.90. The lowest BCUT2D eigenvalue weighted by molar-refractivity contribution is 0.598. The molecule has 1 unspecified atom stereocenters. The van der Waals surface area contributed by atoms with Crippen molar-refractivity contribution in [2.24, 2.45) is 0 Å². The van der Waals surface area contributed by atoms with Gasteiger partial charge < -0.3 is 5.32 Å². The van der Waals surface area contributed by atoms with Gasteiger partial charge in [-0.25, -0.2) is 4.39 Å². The number of halogens is 1. The van der Waals surface area contributed by atoms with Crippen molar-refractivity contribution >= 4 is 23.1 Å². The number of hydrogen-bond acceptors (Lipinski definition) is 3. The van der Waals surface area contributed by atoms with E-state index in [0.29, 0.717) is 6.04 Å². The van der Waals surface area contributed by atoms with Crippen LogP contribution >= 0.6 is 23.1 Å². The smallest absolute Gasteiger partial charge is 0.136 e. The monoisotopic (exact) mass is 281 g/mol. The molecule has 1 nitrogen and oxygen atoms in total. The van der Waals surface area contributed by atoms with Crippen molar-refractivity contribution in [3.8, 4) is 0 Å². The number of rotatable bonds is 6. The van der Waals surface area contributed by atoms with Crippen molar-refractivity contribution in [1.82, 2.24) is 5.32 Å². The van der Waals surface area contributed by atoms with Gasteiger partial charge >= 0.3 is 0 Å². The summed E-state index contributed by atoms with van der Waals surface area (Å²) in [7, 11) is 1.96. The highest BCUT2D eigenvalue weighted by molar-refractivity contribution is 7.99. The van der Waals surface area contributed by atoms with E-state index in [1.54, 1.807) is 29.2 Å². The predicted molar refractivity (Wildman–Crippen MR) is 78.0 cm³/mol. The Morgan fingerprint density at radius 1 is 1.33 bits per heavy atom. The average Bonchev–Trinajstić information content (AvgIpc) is 2.89. The van der Waals surface area contributed by atoms with E-state index in [2.05, 4.69) is 22.1 Å². The van der Waals surface area contributed by atoms with E-state index in [1.807, 2.05) is 19.2 Å². The van der Waals surface area contributed by atoms with Crippen LogP contribution in [0.4, 0.5) is 4.39 Å². The van der Waals surface area contributed by atoms with Crippen LogP contribution < -0.4 is 5.32 Å². The minimum atomic E-state index is -0.132. The molecule has 1 N–H and O–H groups in total. The standard InChI is InChI=1S/C14H16FNS2/c1-16-12(8-11-6-7-17-9-11)10-18-14-5-3-2-4-13(14)15/h2-7,9,12,16H,8,10H2,1H3. The summed E-state index contributed by atoms with van der Waals surface area (Å²) in [5.41, 5.74) is 1.34. The fourth-order valence-corrected chi connectivity index (χ4v) is 3.42. The van der Waals surface area contributed by atoms with Gasteiger partial charge in [-0.2, -0.15) is 11.3 Å². The highest BCUT2D eigenvalue weighted by Crippen LogP contribution is 2.22. The number of hydrogen-bond donors (Lipinski definition) is 1. The van der Waals surface area contributed by atoms with Gasteiger partial charge in [0.25, 0.3) is 0 Å². The zero-order chi connectivity index (χ0) is 12.8. The van der Waals surface area contributed by atoms with Gasteiger partial charge in [0.15, 0.2) is 0 Å². The number of nitrogens with one attached hydrogen (secondary N) is 1. The van der Waals surface area contributed by atoms with Crippen LogP contribution in [-0.4, -0.2) is 18.8 Å². The summed E-state index contributed by atoms with van der Waals surface area (Å²) in [6.45, 7) is 0. The van der Waals surface area contributed by atoms with Crippen molar-refractivity contribution in [3.05, 3.63) is 52.5 Å². The molecular formula is C14H16FNS2. The molecule has 96 valence electrons. The summed E-state index contributed by atoms with van der Waals surface area (Å²) < 4.78 is 13.5. The molecule has 0 aliphatic heterocycles. The van der Waals surface area contributed by atoms with Gasteiger partial charge in [0.2, 0.25) is 0 Å². The van der Waals surface area contributed by atoms with E-state index >= 15 is 0 Å². The molecule has 0 aliphatic carbocycles. The molecule has 1 aromatic carbocycles. The van der Waals surface area contributed by atoms with Crippen LogP contribution in [0.3, 0.4) is 0 Å². The molecule has 0 fully saturated rings. The van der Waals surface area contributed by atoms with E-state index in [9.17, 15) is 4.39 Å².